The van der Waals surface area contributed by atoms with Crippen LogP contribution in [-0.4, -0.2) is 33.9 Å². The van der Waals surface area contributed by atoms with Crippen LogP contribution in [0.4, 0.5) is 0 Å². The molecule has 0 amide bonds. The molecule has 0 aliphatic carbocycles. The lowest BCUT2D eigenvalue weighted by atomic mass is 10.2. The van der Waals surface area contributed by atoms with Crippen LogP contribution in [0.1, 0.15) is 42.7 Å². The van der Waals surface area contributed by atoms with Gasteiger partial charge in [0.25, 0.3) is 0 Å². The van der Waals surface area contributed by atoms with E-state index in [9.17, 15) is 9.59 Å². The summed E-state index contributed by atoms with van der Waals surface area (Å²) < 4.78 is 6.56. The summed E-state index contributed by atoms with van der Waals surface area (Å²) >= 11 is 1.96. The van der Waals surface area contributed by atoms with Crippen LogP contribution in [0.2, 0.25) is 0 Å². The van der Waals surface area contributed by atoms with Gasteiger partial charge in [-0.1, -0.05) is 13.3 Å². The average Bonchev–Trinajstić information content (AvgIpc) is 2.50. The molecule has 124 valence electrons. The van der Waals surface area contributed by atoms with E-state index in [-0.39, 0.29) is 12.2 Å². The summed E-state index contributed by atoms with van der Waals surface area (Å²) in [6, 6.07) is 0. The second kappa shape index (κ2) is 7.71. The van der Waals surface area contributed by atoms with E-state index in [1.165, 1.54) is 6.33 Å². The summed E-state index contributed by atoms with van der Waals surface area (Å²) in [7, 11) is 0. The van der Waals surface area contributed by atoms with Gasteiger partial charge in [-0.15, -0.1) is 4.73 Å². The second-order valence-electron chi connectivity index (χ2n) is 4.85. The van der Waals surface area contributed by atoms with Gasteiger partial charge >= 0.3 is 11.5 Å². The van der Waals surface area contributed by atoms with Crippen molar-refractivity contribution < 1.29 is 14.4 Å². The second-order valence-corrected chi connectivity index (χ2v) is 5.93. The molecule has 0 aliphatic heterocycles. The van der Waals surface area contributed by atoms with Crippen molar-refractivity contribution in [2.24, 2.45) is 0 Å². The Morgan fingerprint density at radius 3 is 2.74 bits per heavy atom. The van der Waals surface area contributed by atoms with E-state index < -0.39 is 11.5 Å². The van der Waals surface area contributed by atoms with Crippen LogP contribution in [0.5, 0.6) is 0 Å². The van der Waals surface area contributed by atoms with Gasteiger partial charge in [0.2, 0.25) is 0 Å². The smallest absolute Gasteiger partial charge is 0.345 e. The molecule has 7 nitrogen and oxygen atoms in total. The van der Waals surface area contributed by atoms with E-state index in [0.717, 1.165) is 17.6 Å². The molecular formula is C15H18IN3O4. The zero-order chi connectivity index (χ0) is 17.0. The zero-order valence-electron chi connectivity index (χ0n) is 13.3. The van der Waals surface area contributed by atoms with Crippen LogP contribution in [0, 0.1) is 10.5 Å². The van der Waals surface area contributed by atoms with Crippen LogP contribution in [-0.2, 0) is 4.74 Å². The normalized spacial score (nSPS) is 10.8. The van der Waals surface area contributed by atoms with Crippen molar-refractivity contribution in [3.8, 4) is 0 Å². The molecule has 8 heteroatoms. The number of pyridine rings is 1. The van der Waals surface area contributed by atoms with E-state index in [2.05, 4.69) is 9.97 Å². The summed E-state index contributed by atoms with van der Waals surface area (Å²) in [5, 5.41) is 0.618. The van der Waals surface area contributed by atoms with E-state index in [0.29, 0.717) is 26.9 Å². The fourth-order valence-corrected chi connectivity index (χ4v) is 3.17. The molecule has 0 N–H and O–H groups in total. The maximum absolute atomic E-state index is 12.7. The Bertz CT molecular complexity index is 788. The number of ether oxygens (including phenoxy) is 1. The number of rotatable bonds is 6. The average molecular weight is 431 g/mol. The van der Waals surface area contributed by atoms with Crippen molar-refractivity contribution in [3.05, 3.63) is 31.5 Å². The fourth-order valence-electron chi connectivity index (χ4n) is 2.09. The summed E-state index contributed by atoms with van der Waals surface area (Å²) in [6.07, 6.45) is 3.09. The third-order valence-corrected chi connectivity index (χ3v) is 4.32. The van der Waals surface area contributed by atoms with Gasteiger partial charge in [0, 0.05) is 3.57 Å². The first-order valence-corrected chi connectivity index (χ1v) is 8.47. The molecular weight excluding hydrogens is 413 g/mol. The minimum absolute atomic E-state index is 0.0469. The van der Waals surface area contributed by atoms with Gasteiger partial charge in [-0.05, 0) is 42.9 Å². The summed E-state index contributed by atoms with van der Waals surface area (Å²) in [4.78, 5) is 38.8. The predicted octanol–water partition coefficient (Wildman–Crippen LogP) is 2.11. The number of unbranched alkanes of at least 4 members (excludes halogenated alkanes) is 1. The topological polar surface area (TPSA) is 83.3 Å². The molecule has 2 aromatic rings. The number of aryl methyl sites for hydroxylation is 1. The molecule has 2 aromatic heterocycles. The van der Waals surface area contributed by atoms with Gasteiger partial charge in [-0.3, -0.25) is 4.79 Å². The Morgan fingerprint density at radius 1 is 1.35 bits per heavy atom. The molecule has 0 saturated heterocycles. The van der Waals surface area contributed by atoms with Crippen LogP contribution >= 0.6 is 22.6 Å². The molecule has 0 aromatic carbocycles. The SMILES string of the molecule is CCCCOn1c(=O)c(C(=O)OCC)c(I)c2c(C)ncnc21. The molecule has 0 atom stereocenters. The Labute approximate surface area is 147 Å². The van der Waals surface area contributed by atoms with E-state index in [4.69, 9.17) is 9.57 Å². The predicted molar refractivity (Wildman–Crippen MR) is 93.6 cm³/mol. The maximum atomic E-state index is 12.7. The lowest BCUT2D eigenvalue weighted by molar-refractivity contribution is 0.0512. The first-order valence-electron chi connectivity index (χ1n) is 7.39. The Balaban J connectivity index is 2.74. The maximum Gasteiger partial charge on any atom is 0.345 e. The lowest BCUT2D eigenvalue weighted by Crippen LogP contribution is -2.34. The molecule has 2 rings (SSSR count). The Kier molecular flexibility index (Phi) is 5.91. The highest BCUT2D eigenvalue weighted by Crippen LogP contribution is 2.22. The van der Waals surface area contributed by atoms with E-state index in [1.807, 2.05) is 29.5 Å². The molecule has 0 saturated carbocycles. The molecule has 0 fully saturated rings. The number of fused-ring (bicyclic) bond motifs is 1. The molecule has 2 heterocycles. The summed E-state index contributed by atoms with van der Waals surface area (Å²) in [5.41, 5.74) is 0.415. The van der Waals surface area contributed by atoms with Crippen molar-refractivity contribution in [3.63, 3.8) is 0 Å². The number of carbonyl (C=O) groups is 1. The van der Waals surface area contributed by atoms with Gasteiger partial charge in [-0.25, -0.2) is 14.8 Å². The van der Waals surface area contributed by atoms with Crippen LogP contribution in [0.15, 0.2) is 11.1 Å². The van der Waals surface area contributed by atoms with Crippen LogP contribution in [0.3, 0.4) is 0 Å². The first-order chi connectivity index (χ1) is 11.0. The zero-order valence-corrected chi connectivity index (χ0v) is 15.4. The van der Waals surface area contributed by atoms with Crippen molar-refractivity contribution >= 4 is 39.6 Å². The molecule has 0 bridgehead atoms. The van der Waals surface area contributed by atoms with Gasteiger partial charge in [0.15, 0.2) is 5.65 Å². The first kappa shape index (κ1) is 17.6. The number of halogens is 1. The van der Waals surface area contributed by atoms with Gasteiger partial charge < -0.3 is 9.57 Å². The minimum Gasteiger partial charge on any atom is -0.462 e. The Hall–Kier alpha value is -1.71. The van der Waals surface area contributed by atoms with Crippen molar-refractivity contribution in [1.29, 1.82) is 0 Å². The third-order valence-electron chi connectivity index (χ3n) is 3.24. The highest BCUT2D eigenvalue weighted by molar-refractivity contribution is 14.1. The number of carbonyl (C=O) groups excluding carboxylic acids is 1. The van der Waals surface area contributed by atoms with E-state index >= 15 is 0 Å². The number of hydrogen-bond acceptors (Lipinski definition) is 6. The highest BCUT2D eigenvalue weighted by atomic mass is 127. The fraction of sp³-hybridized carbons (Fsp3) is 0.467. The molecule has 0 unspecified atom stereocenters. The molecule has 0 radical (unpaired) electrons. The van der Waals surface area contributed by atoms with Crippen molar-refractivity contribution in [1.82, 2.24) is 14.7 Å². The van der Waals surface area contributed by atoms with Gasteiger partial charge in [0.05, 0.1) is 17.7 Å². The van der Waals surface area contributed by atoms with E-state index in [1.54, 1.807) is 13.8 Å². The van der Waals surface area contributed by atoms with Crippen LogP contribution < -0.4 is 10.4 Å². The Morgan fingerprint density at radius 2 is 2.09 bits per heavy atom. The van der Waals surface area contributed by atoms with Gasteiger partial charge in [0.1, 0.15) is 18.5 Å². The monoisotopic (exact) mass is 431 g/mol. The quantitative estimate of drug-likeness (QED) is 0.396. The molecule has 0 aliphatic rings. The molecule has 0 spiro atoms. The largest absolute Gasteiger partial charge is 0.462 e. The standard InChI is InChI=1S/C15H18IN3O4/c1-4-6-7-23-19-13-10(9(3)17-8-18-13)12(16)11(14(19)20)15(21)22-5-2/h8H,4-7H2,1-3H3. The summed E-state index contributed by atoms with van der Waals surface area (Å²) in [5.74, 6) is -0.667. The summed E-state index contributed by atoms with van der Waals surface area (Å²) in [6.45, 7) is 6.05. The van der Waals surface area contributed by atoms with Crippen LogP contribution in [0.25, 0.3) is 11.0 Å². The highest BCUT2D eigenvalue weighted by Gasteiger charge is 2.24. The van der Waals surface area contributed by atoms with Crippen molar-refractivity contribution in [2.45, 2.75) is 33.6 Å². The third kappa shape index (κ3) is 3.46. The number of nitrogens with zero attached hydrogens (tertiary/aromatic N) is 3. The lowest BCUT2D eigenvalue weighted by Gasteiger charge is -2.15. The number of esters is 1. The van der Waals surface area contributed by atoms with Crippen molar-refractivity contribution in [2.75, 3.05) is 13.2 Å². The van der Waals surface area contributed by atoms with Gasteiger partial charge in [-0.2, -0.15) is 0 Å². The minimum atomic E-state index is -0.667. The molecule has 23 heavy (non-hydrogen) atoms. The number of aromatic nitrogens is 3. The number of hydrogen-bond donors (Lipinski definition) is 0.